The predicted molar refractivity (Wildman–Crippen MR) is 78.6 cm³/mol. The minimum absolute atomic E-state index is 0.0283. The molecule has 0 radical (unpaired) electrons. The summed E-state index contributed by atoms with van der Waals surface area (Å²) < 4.78 is 0.800. The number of hydrogen-bond donors (Lipinski definition) is 0. The number of Topliss-reactive ketones (excluding diaryl/α,β-unsaturated/α-hetero) is 1. The first kappa shape index (κ1) is 13.6. The molecular formula is C14H9BrCl2O. The molecule has 0 spiro atoms. The number of ketones is 1. The van der Waals surface area contributed by atoms with Crippen LogP contribution in [0.4, 0.5) is 0 Å². The van der Waals surface area contributed by atoms with Crippen LogP contribution in [0.15, 0.2) is 46.9 Å². The first-order valence-corrected chi connectivity index (χ1v) is 6.83. The van der Waals surface area contributed by atoms with Crippen molar-refractivity contribution in [2.24, 2.45) is 0 Å². The highest BCUT2D eigenvalue weighted by molar-refractivity contribution is 9.10. The molecule has 0 heterocycles. The SMILES string of the molecule is O=C(Cc1ccc(Cl)cc1)c1cc(Cl)cc(Br)c1. The lowest BCUT2D eigenvalue weighted by atomic mass is 10.0. The fourth-order valence-electron chi connectivity index (χ4n) is 1.60. The minimum Gasteiger partial charge on any atom is -0.294 e. The first-order chi connectivity index (χ1) is 8.54. The Morgan fingerprint density at radius 2 is 1.67 bits per heavy atom. The lowest BCUT2D eigenvalue weighted by Crippen LogP contribution is -2.03. The Morgan fingerprint density at radius 3 is 2.28 bits per heavy atom. The molecule has 0 unspecified atom stereocenters. The molecule has 1 nitrogen and oxygen atoms in total. The summed E-state index contributed by atoms with van der Waals surface area (Å²) >= 11 is 15.0. The third-order valence-electron chi connectivity index (χ3n) is 2.46. The van der Waals surface area contributed by atoms with Gasteiger partial charge < -0.3 is 0 Å². The summed E-state index contributed by atoms with van der Waals surface area (Å²) in [6.45, 7) is 0. The Morgan fingerprint density at radius 1 is 1.00 bits per heavy atom. The van der Waals surface area contributed by atoms with E-state index in [0.29, 0.717) is 22.0 Å². The van der Waals surface area contributed by atoms with Gasteiger partial charge in [0.15, 0.2) is 5.78 Å². The van der Waals surface area contributed by atoms with Crippen LogP contribution in [-0.2, 0) is 6.42 Å². The molecule has 2 rings (SSSR count). The molecule has 0 N–H and O–H groups in total. The lowest BCUT2D eigenvalue weighted by molar-refractivity contribution is 0.0993. The van der Waals surface area contributed by atoms with Gasteiger partial charge >= 0.3 is 0 Å². The molecule has 92 valence electrons. The maximum absolute atomic E-state index is 12.1. The molecule has 0 bridgehead atoms. The van der Waals surface area contributed by atoms with Crippen LogP contribution in [0.1, 0.15) is 15.9 Å². The molecule has 4 heteroatoms. The van der Waals surface area contributed by atoms with Crippen molar-refractivity contribution in [2.75, 3.05) is 0 Å². The number of carbonyl (C=O) groups excluding carboxylic acids is 1. The summed E-state index contributed by atoms with van der Waals surface area (Å²) in [5.41, 5.74) is 1.53. The number of hydrogen-bond acceptors (Lipinski definition) is 1. The van der Waals surface area contributed by atoms with Crippen molar-refractivity contribution in [1.82, 2.24) is 0 Å². The van der Waals surface area contributed by atoms with Crippen LogP contribution in [0.2, 0.25) is 10.0 Å². The normalized spacial score (nSPS) is 10.4. The van der Waals surface area contributed by atoms with Crippen LogP contribution < -0.4 is 0 Å². The Bertz CT molecular complexity index is 559. The van der Waals surface area contributed by atoms with Crippen molar-refractivity contribution in [3.63, 3.8) is 0 Å². The second-order valence-corrected chi connectivity index (χ2v) is 5.67. The van der Waals surface area contributed by atoms with Gasteiger partial charge in [-0.25, -0.2) is 0 Å². The Balaban J connectivity index is 2.19. The Labute approximate surface area is 124 Å². The smallest absolute Gasteiger partial charge is 0.167 e. The highest BCUT2D eigenvalue weighted by atomic mass is 79.9. The second-order valence-electron chi connectivity index (χ2n) is 3.88. The standard InChI is InChI=1S/C14H9BrCl2O/c15-11-6-10(7-13(17)8-11)14(18)5-9-1-3-12(16)4-2-9/h1-4,6-8H,5H2. The van der Waals surface area contributed by atoms with Crippen molar-refractivity contribution < 1.29 is 4.79 Å². The Hall–Kier alpha value is -0.830. The molecule has 0 aliphatic carbocycles. The third-order valence-corrected chi connectivity index (χ3v) is 3.39. The van der Waals surface area contributed by atoms with Gasteiger partial charge in [0.05, 0.1) is 0 Å². The maximum atomic E-state index is 12.1. The predicted octanol–water partition coefficient (Wildman–Crippen LogP) is 5.18. The number of rotatable bonds is 3. The molecule has 0 saturated heterocycles. The largest absolute Gasteiger partial charge is 0.294 e. The quantitative estimate of drug-likeness (QED) is 0.701. The molecule has 0 aliphatic rings. The van der Waals surface area contributed by atoms with Crippen molar-refractivity contribution in [3.05, 3.63) is 68.1 Å². The molecule has 2 aromatic rings. The molecule has 0 aromatic heterocycles. The Kier molecular flexibility index (Phi) is 4.44. The van der Waals surface area contributed by atoms with Crippen LogP contribution in [0.25, 0.3) is 0 Å². The van der Waals surface area contributed by atoms with Crippen molar-refractivity contribution in [2.45, 2.75) is 6.42 Å². The average molecular weight is 344 g/mol. The van der Waals surface area contributed by atoms with Crippen LogP contribution in [0.5, 0.6) is 0 Å². The molecule has 18 heavy (non-hydrogen) atoms. The van der Waals surface area contributed by atoms with Crippen LogP contribution in [0, 0.1) is 0 Å². The molecular weight excluding hydrogens is 335 g/mol. The second kappa shape index (κ2) is 5.87. The minimum atomic E-state index is 0.0283. The van der Waals surface area contributed by atoms with E-state index in [1.807, 2.05) is 12.1 Å². The topological polar surface area (TPSA) is 17.1 Å². The van der Waals surface area contributed by atoms with Gasteiger partial charge in [-0.05, 0) is 35.9 Å². The van der Waals surface area contributed by atoms with Crippen molar-refractivity contribution >= 4 is 44.9 Å². The van der Waals surface area contributed by atoms with E-state index >= 15 is 0 Å². The van der Waals surface area contributed by atoms with E-state index in [-0.39, 0.29) is 5.78 Å². The zero-order valence-electron chi connectivity index (χ0n) is 9.29. The maximum Gasteiger partial charge on any atom is 0.167 e. The summed E-state index contributed by atoms with van der Waals surface area (Å²) in [7, 11) is 0. The molecule has 0 fully saturated rings. The van der Waals surface area contributed by atoms with E-state index in [0.717, 1.165) is 10.0 Å². The summed E-state index contributed by atoms with van der Waals surface area (Å²) in [4.78, 5) is 12.1. The van der Waals surface area contributed by atoms with Gasteiger partial charge in [-0.3, -0.25) is 4.79 Å². The summed E-state index contributed by atoms with van der Waals surface area (Å²) in [5, 5.41) is 1.21. The number of halogens is 3. The highest BCUT2D eigenvalue weighted by Crippen LogP contribution is 2.21. The number of carbonyl (C=O) groups is 1. The first-order valence-electron chi connectivity index (χ1n) is 5.28. The van der Waals surface area contributed by atoms with Crippen molar-refractivity contribution in [1.29, 1.82) is 0 Å². The fourth-order valence-corrected chi connectivity index (χ4v) is 2.59. The van der Waals surface area contributed by atoms with Crippen LogP contribution >= 0.6 is 39.1 Å². The highest BCUT2D eigenvalue weighted by Gasteiger charge is 2.09. The van der Waals surface area contributed by atoms with E-state index in [4.69, 9.17) is 23.2 Å². The molecule has 0 saturated carbocycles. The van der Waals surface area contributed by atoms with E-state index in [2.05, 4.69) is 15.9 Å². The number of benzene rings is 2. The van der Waals surface area contributed by atoms with Gasteiger partial charge in [-0.1, -0.05) is 51.3 Å². The summed E-state index contributed by atoms with van der Waals surface area (Å²) in [5.74, 6) is 0.0283. The van der Waals surface area contributed by atoms with Gasteiger partial charge in [0.1, 0.15) is 0 Å². The molecule has 2 aromatic carbocycles. The van der Waals surface area contributed by atoms with Crippen LogP contribution in [-0.4, -0.2) is 5.78 Å². The fraction of sp³-hybridized carbons (Fsp3) is 0.0714. The third kappa shape index (κ3) is 3.58. The van der Waals surface area contributed by atoms with Gasteiger partial charge in [-0.15, -0.1) is 0 Å². The van der Waals surface area contributed by atoms with E-state index in [9.17, 15) is 4.79 Å². The summed E-state index contributed by atoms with van der Waals surface area (Å²) in [6, 6.07) is 12.4. The summed E-state index contributed by atoms with van der Waals surface area (Å²) in [6.07, 6.45) is 0.337. The van der Waals surface area contributed by atoms with Gasteiger partial charge in [0.25, 0.3) is 0 Å². The monoisotopic (exact) mass is 342 g/mol. The zero-order chi connectivity index (χ0) is 13.1. The molecule has 0 atom stereocenters. The van der Waals surface area contributed by atoms with Gasteiger partial charge in [0.2, 0.25) is 0 Å². The average Bonchev–Trinajstić information content (AvgIpc) is 2.31. The van der Waals surface area contributed by atoms with Crippen molar-refractivity contribution in [3.8, 4) is 0 Å². The van der Waals surface area contributed by atoms with Crippen LogP contribution in [0.3, 0.4) is 0 Å². The molecule has 0 amide bonds. The van der Waals surface area contributed by atoms with E-state index in [1.54, 1.807) is 30.3 Å². The van der Waals surface area contributed by atoms with E-state index < -0.39 is 0 Å². The van der Waals surface area contributed by atoms with Gasteiger partial charge in [0, 0.05) is 26.5 Å². The van der Waals surface area contributed by atoms with E-state index in [1.165, 1.54) is 0 Å². The van der Waals surface area contributed by atoms with Gasteiger partial charge in [-0.2, -0.15) is 0 Å². The zero-order valence-corrected chi connectivity index (χ0v) is 12.4. The molecule has 0 aliphatic heterocycles. The lowest BCUT2D eigenvalue weighted by Gasteiger charge is -2.03.